The number of hydrogen-bond donors (Lipinski definition) is 0. The van der Waals surface area contributed by atoms with Crippen molar-refractivity contribution in [2.45, 2.75) is 41.9 Å². The third kappa shape index (κ3) is 3.66. The normalized spacial score (nSPS) is 14.2. The van der Waals surface area contributed by atoms with E-state index in [-0.39, 0.29) is 6.42 Å². The van der Waals surface area contributed by atoms with Crippen molar-refractivity contribution in [3.8, 4) is 11.3 Å². The SMILES string of the molecule is CCc1cccnc1-c1ccc2c(c1)N(C(CC)S(=O)(=O)[O-])c1ccccc1S2. The van der Waals surface area contributed by atoms with Crippen molar-refractivity contribution in [1.82, 2.24) is 4.98 Å². The minimum atomic E-state index is -4.54. The number of para-hydroxylation sites is 1. The number of nitrogens with zero attached hydrogens (tertiary/aromatic N) is 2. The Labute approximate surface area is 175 Å². The zero-order chi connectivity index (χ0) is 20.6. The van der Waals surface area contributed by atoms with Gasteiger partial charge in [-0.25, -0.2) is 8.42 Å². The fourth-order valence-corrected chi connectivity index (χ4v) is 5.69. The van der Waals surface area contributed by atoms with E-state index in [0.29, 0.717) is 0 Å². The molecule has 0 saturated heterocycles. The van der Waals surface area contributed by atoms with Crippen LogP contribution < -0.4 is 4.90 Å². The molecule has 0 bridgehead atoms. The molecule has 0 N–H and O–H groups in total. The molecule has 1 aromatic heterocycles. The summed E-state index contributed by atoms with van der Waals surface area (Å²) >= 11 is 1.58. The number of aromatic nitrogens is 1. The number of fused-ring (bicyclic) bond motifs is 2. The molecule has 1 aliphatic rings. The molecule has 0 amide bonds. The van der Waals surface area contributed by atoms with Gasteiger partial charge in [-0.2, -0.15) is 0 Å². The van der Waals surface area contributed by atoms with Crippen LogP contribution in [-0.2, 0) is 16.5 Å². The first kappa shape index (κ1) is 19.9. The van der Waals surface area contributed by atoms with Gasteiger partial charge in [0.1, 0.15) is 15.5 Å². The summed E-state index contributed by atoms with van der Waals surface area (Å²) in [5.41, 5.74) is 4.37. The highest BCUT2D eigenvalue weighted by molar-refractivity contribution is 7.99. The van der Waals surface area contributed by atoms with Gasteiger partial charge in [-0.3, -0.25) is 4.98 Å². The van der Waals surface area contributed by atoms with Crippen molar-refractivity contribution in [2.75, 3.05) is 4.90 Å². The van der Waals surface area contributed by atoms with Crippen LogP contribution in [-0.4, -0.2) is 23.3 Å². The Hall–Kier alpha value is -2.35. The van der Waals surface area contributed by atoms with Crippen LogP contribution in [0.1, 0.15) is 25.8 Å². The maximum absolute atomic E-state index is 12.1. The van der Waals surface area contributed by atoms with Crippen LogP contribution in [0.15, 0.2) is 70.6 Å². The number of rotatable bonds is 5. The fraction of sp³-hybridized carbons (Fsp3) is 0.227. The maximum Gasteiger partial charge on any atom is 0.124 e. The van der Waals surface area contributed by atoms with Crippen LogP contribution in [0.4, 0.5) is 11.4 Å². The monoisotopic (exact) mass is 425 g/mol. The number of anilines is 2. The molecule has 1 atom stereocenters. The molecule has 7 heteroatoms. The van der Waals surface area contributed by atoms with E-state index in [0.717, 1.165) is 44.4 Å². The van der Waals surface area contributed by atoms with Gasteiger partial charge in [0, 0.05) is 21.6 Å². The molecular weight excluding hydrogens is 404 g/mol. The van der Waals surface area contributed by atoms with Crippen molar-refractivity contribution < 1.29 is 13.0 Å². The molecule has 29 heavy (non-hydrogen) atoms. The second-order valence-electron chi connectivity index (χ2n) is 6.84. The maximum atomic E-state index is 12.1. The van der Waals surface area contributed by atoms with Crippen LogP contribution in [0.5, 0.6) is 0 Å². The molecule has 1 aliphatic heterocycles. The quantitative estimate of drug-likeness (QED) is 0.524. The molecular formula is C22H21N2O3S2-. The van der Waals surface area contributed by atoms with Gasteiger partial charge in [0.2, 0.25) is 0 Å². The average Bonchev–Trinajstić information content (AvgIpc) is 2.72. The Bertz CT molecular complexity index is 1160. The molecule has 2 heterocycles. The molecule has 4 rings (SSSR count). The number of benzene rings is 2. The highest BCUT2D eigenvalue weighted by atomic mass is 32.2. The topological polar surface area (TPSA) is 73.3 Å². The van der Waals surface area contributed by atoms with E-state index in [2.05, 4.69) is 11.9 Å². The van der Waals surface area contributed by atoms with Crippen molar-refractivity contribution in [2.24, 2.45) is 0 Å². The minimum absolute atomic E-state index is 0.193. The van der Waals surface area contributed by atoms with Gasteiger partial charge in [-0.15, -0.1) is 0 Å². The Morgan fingerprint density at radius 1 is 1.03 bits per heavy atom. The largest absolute Gasteiger partial charge is 0.746 e. The van der Waals surface area contributed by atoms with Gasteiger partial charge >= 0.3 is 0 Å². The summed E-state index contributed by atoms with van der Waals surface area (Å²) in [7, 11) is -4.54. The molecule has 0 fully saturated rings. The number of aryl methyl sites for hydroxylation is 1. The summed E-state index contributed by atoms with van der Waals surface area (Å²) in [6.07, 6.45) is 2.79. The molecule has 1 unspecified atom stereocenters. The molecule has 3 aromatic rings. The standard InChI is InChI=1S/C22H22N2O3S2/c1-3-15-8-7-13-23-22(15)16-11-12-20-18(14-16)24(21(4-2)29(25,26)27)17-9-5-6-10-19(17)28-20/h5-14,21H,3-4H2,1-2H3,(H,25,26,27)/p-1. The van der Waals surface area contributed by atoms with Gasteiger partial charge in [0.15, 0.2) is 0 Å². The van der Waals surface area contributed by atoms with Crippen LogP contribution in [0, 0.1) is 0 Å². The predicted octanol–water partition coefficient (Wildman–Crippen LogP) is 5.20. The highest BCUT2D eigenvalue weighted by Crippen LogP contribution is 2.50. The van der Waals surface area contributed by atoms with Crippen LogP contribution >= 0.6 is 11.8 Å². The van der Waals surface area contributed by atoms with Gasteiger partial charge in [-0.1, -0.05) is 49.9 Å². The first-order valence-corrected chi connectivity index (χ1v) is 11.8. The zero-order valence-corrected chi connectivity index (χ0v) is 17.8. The van der Waals surface area contributed by atoms with Crippen LogP contribution in [0.25, 0.3) is 11.3 Å². The second kappa shape index (κ2) is 7.82. The lowest BCUT2D eigenvalue weighted by molar-refractivity contribution is 0.445. The zero-order valence-electron chi connectivity index (χ0n) is 16.2. The summed E-state index contributed by atoms with van der Waals surface area (Å²) in [4.78, 5) is 8.08. The summed E-state index contributed by atoms with van der Waals surface area (Å²) in [5, 5.41) is -1.17. The Kier molecular flexibility index (Phi) is 5.38. The number of pyridine rings is 1. The van der Waals surface area contributed by atoms with Crippen LogP contribution in [0.3, 0.4) is 0 Å². The van der Waals surface area contributed by atoms with Crippen molar-refractivity contribution >= 4 is 33.3 Å². The summed E-state index contributed by atoms with van der Waals surface area (Å²) in [5.74, 6) is 0. The molecule has 5 nitrogen and oxygen atoms in total. The smallest absolute Gasteiger partial charge is 0.124 e. The minimum Gasteiger partial charge on any atom is -0.746 e. The third-order valence-corrected chi connectivity index (χ3v) is 7.42. The van der Waals surface area contributed by atoms with Gasteiger partial charge in [0.25, 0.3) is 0 Å². The molecule has 2 aromatic carbocycles. The molecule has 0 saturated carbocycles. The molecule has 0 aliphatic carbocycles. The van der Waals surface area contributed by atoms with E-state index < -0.39 is 15.5 Å². The third-order valence-electron chi connectivity index (χ3n) is 5.08. The highest BCUT2D eigenvalue weighted by Gasteiger charge is 2.32. The van der Waals surface area contributed by atoms with Gasteiger partial charge in [-0.05, 0) is 48.7 Å². The molecule has 150 valence electrons. The second-order valence-corrected chi connectivity index (χ2v) is 9.46. The summed E-state index contributed by atoms with van der Waals surface area (Å²) in [6.45, 7) is 3.80. The van der Waals surface area contributed by atoms with E-state index >= 15 is 0 Å². The Morgan fingerprint density at radius 2 is 1.79 bits per heavy atom. The predicted molar refractivity (Wildman–Crippen MR) is 116 cm³/mol. The molecule has 0 radical (unpaired) electrons. The van der Waals surface area contributed by atoms with E-state index in [1.807, 2.05) is 54.6 Å². The lowest BCUT2D eigenvalue weighted by Crippen LogP contribution is -2.38. The Balaban J connectivity index is 1.93. The fourth-order valence-electron chi connectivity index (χ4n) is 3.74. The lowest BCUT2D eigenvalue weighted by Gasteiger charge is -2.39. The summed E-state index contributed by atoms with van der Waals surface area (Å²) < 4.78 is 36.4. The van der Waals surface area contributed by atoms with Crippen molar-refractivity contribution in [3.63, 3.8) is 0 Å². The van der Waals surface area contributed by atoms with E-state index in [9.17, 15) is 13.0 Å². The first-order chi connectivity index (χ1) is 13.9. The summed E-state index contributed by atoms with van der Waals surface area (Å²) in [6, 6.07) is 17.5. The van der Waals surface area contributed by atoms with E-state index in [1.54, 1.807) is 29.8 Å². The average molecular weight is 426 g/mol. The van der Waals surface area contributed by atoms with Gasteiger partial charge in [0.05, 0.1) is 17.1 Å². The van der Waals surface area contributed by atoms with E-state index in [1.165, 1.54) is 0 Å². The van der Waals surface area contributed by atoms with E-state index in [4.69, 9.17) is 0 Å². The van der Waals surface area contributed by atoms with Crippen LogP contribution in [0.2, 0.25) is 0 Å². The lowest BCUT2D eigenvalue weighted by atomic mass is 10.0. The Morgan fingerprint density at radius 3 is 2.52 bits per heavy atom. The van der Waals surface area contributed by atoms with Gasteiger partial charge < -0.3 is 9.45 Å². The molecule has 0 spiro atoms. The van der Waals surface area contributed by atoms with Crippen molar-refractivity contribution in [1.29, 1.82) is 0 Å². The van der Waals surface area contributed by atoms with Crippen molar-refractivity contribution in [3.05, 3.63) is 66.4 Å². The number of hydrogen-bond acceptors (Lipinski definition) is 6. The first-order valence-electron chi connectivity index (χ1n) is 9.53.